The number of nitrogens with zero attached hydrogens (tertiary/aromatic N) is 2. The maximum atomic E-state index is 12.2. The second kappa shape index (κ2) is 11.5. The molecule has 0 radical (unpaired) electrons. The molecule has 2 aromatic heterocycles. The molecule has 0 saturated heterocycles. The van der Waals surface area contributed by atoms with E-state index in [1.807, 2.05) is 62.4 Å². The summed E-state index contributed by atoms with van der Waals surface area (Å²) in [5.41, 5.74) is 5.88. The van der Waals surface area contributed by atoms with E-state index in [4.69, 9.17) is 25.2 Å². The Morgan fingerprint density at radius 1 is 0.925 bits per heavy atom. The Morgan fingerprint density at radius 3 is 2.23 bits per heavy atom. The molecule has 0 fully saturated rings. The monoisotopic (exact) mass is 548 g/mol. The lowest BCUT2D eigenvalue weighted by molar-refractivity contribution is 0.0526. The summed E-state index contributed by atoms with van der Waals surface area (Å²) in [5.74, 6) is 1.21. The molecule has 40 heavy (non-hydrogen) atoms. The molecule has 5 rings (SSSR count). The Kier molecular flexibility index (Phi) is 7.68. The lowest BCUT2D eigenvalue weighted by atomic mass is 9.97. The van der Waals surface area contributed by atoms with Crippen LogP contribution in [0.15, 0.2) is 92.7 Å². The van der Waals surface area contributed by atoms with Gasteiger partial charge in [-0.1, -0.05) is 71.3 Å². The lowest BCUT2D eigenvalue weighted by Gasteiger charge is -2.05. The van der Waals surface area contributed by atoms with Gasteiger partial charge in [-0.3, -0.25) is 0 Å². The second-order valence-corrected chi connectivity index (χ2v) is 9.61. The number of benzene rings is 3. The Labute approximate surface area is 237 Å². The van der Waals surface area contributed by atoms with Gasteiger partial charge in [0.25, 0.3) is 0 Å². The molecule has 0 saturated carbocycles. The molecule has 0 unspecified atom stereocenters. The smallest absolute Gasteiger partial charge is 0.339 e. The quantitative estimate of drug-likeness (QED) is 0.149. The summed E-state index contributed by atoms with van der Waals surface area (Å²) in [6.45, 7) is 6.01. The summed E-state index contributed by atoms with van der Waals surface area (Å²) >= 11 is 6.19. The van der Waals surface area contributed by atoms with Crippen LogP contribution < -0.4 is 0 Å². The van der Waals surface area contributed by atoms with E-state index in [-0.39, 0.29) is 18.1 Å². The zero-order valence-electron chi connectivity index (χ0n) is 22.2. The first-order valence-electron chi connectivity index (χ1n) is 12.7. The molecule has 3 aromatic carbocycles. The molecule has 0 aliphatic rings. The number of esters is 1. The molecule has 0 N–H and O–H groups in total. The highest BCUT2D eigenvalue weighted by Gasteiger charge is 2.23. The summed E-state index contributed by atoms with van der Waals surface area (Å²) in [4.78, 5) is 16.7. The first-order valence-corrected chi connectivity index (χ1v) is 13.1. The van der Waals surface area contributed by atoms with Crippen LogP contribution in [0.1, 0.15) is 39.7 Å². The molecular formula is C33H25ClN2O4. The molecule has 198 valence electrons. The van der Waals surface area contributed by atoms with Crippen LogP contribution in [0.2, 0.25) is 5.02 Å². The molecule has 0 spiro atoms. The predicted molar refractivity (Wildman–Crippen MR) is 156 cm³/mol. The van der Waals surface area contributed by atoms with E-state index >= 15 is 0 Å². The average Bonchev–Trinajstić information content (AvgIpc) is 3.58. The number of hydrogen-bond donors (Lipinski definition) is 0. The number of aliphatic imine (C=N–C) groups is 1. The number of nitriles is 1. The zero-order valence-corrected chi connectivity index (χ0v) is 23.0. The molecule has 0 aliphatic carbocycles. The van der Waals surface area contributed by atoms with Crippen LogP contribution in [0.4, 0.5) is 5.88 Å². The van der Waals surface area contributed by atoms with Gasteiger partial charge >= 0.3 is 5.97 Å². The number of furan rings is 2. The average molecular weight is 549 g/mol. The van der Waals surface area contributed by atoms with Crippen molar-refractivity contribution in [2.75, 3.05) is 6.61 Å². The van der Waals surface area contributed by atoms with Gasteiger partial charge in [-0.25, -0.2) is 9.79 Å². The van der Waals surface area contributed by atoms with Crippen molar-refractivity contribution in [1.82, 2.24) is 0 Å². The van der Waals surface area contributed by atoms with Gasteiger partial charge < -0.3 is 13.6 Å². The van der Waals surface area contributed by atoms with E-state index in [9.17, 15) is 10.1 Å². The number of ether oxygens (including phenoxy) is 1. The summed E-state index contributed by atoms with van der Waals surface area (Å²) in [5, 5.41) is 10.4. The maximum Gasteiger partial charge on any atom is 0.339 e. The topological polar surface area (TPSA) is 88.7 Å². The Bertz CT molecular complexity index is 1750. The molecule has 0 aliphatic heterocycles. The molecule has 0 amide bonds. The van der Waals surface area contributed by atoms with Gasteiger partial charge in [0.15, 0.2) is 0 Å². The van der Waals surface area contributed by atoms with Gasteiger partial charge in [0, 0.05) is 16.7 Å². The van der Waals surface area contributed by atoms with Gasteiger partial charge in [-0.05, 0) is 56.7 Å². The van der Waals surface area contributed by atoms with Crippen LogP contribution in [0.5, 0.6) is 0 Å². The minimum atomic E-state index is -0.502. The molecule has 0 bridgehead atoms. The fourth-order valence-electron chi connectivity index (χ4n) is 4.26. The first-order chi connectivity index (χ1) is 19.4. The van der Waals surface area contributed by atoms with Gasteiger partial charge in [0.05, 0.1) is 23.4 Å². The van der Waals surface area contributed by atoms with E-state index in [0.29, 0.717) is 39.0 Å². The highest BCUT2D eigenvalue weighted by molar-refractivity contribution is 6.33. The molecule has 7 heteroatoms. The first kappa shape index (κ1) is 26.7. The Hall–Kier alpha value is -4.86. The minimum Gasteiger partial charge on any atom is -0.462 e. The van der Waals surface area contributed by atoms with E-state index in [0.717, 1.165) is 22.3 Å². The Morgan fingerprint density at radius 2 is 1.57 bits per heavy atom. The third-order valence-corrected chi connectivity index (χ3v) is 6.67. The van der Waals surface area contributed by atoms with Crippen molar-refractivity contribution >= 4 is 29.7 Å². The predicted octanol–water partition coefficient (Wildman–Crippen LogP) is 8.94. The summed E-state index contributed by atoms with van der Waals surface area (Å²) in [6, 6.07) is 26.7. The SMILES string of the molecule is CCOC(=O)c1cc(-c2ccc(C=Nc3oc(-c4ccc(C)cc4)c(-c4ccc(C)cc4)c3C#N)o2)ccc1Cl. The fourth-order valence-corrected chi connectivity index (χ4v) is 4.46. The fraction of sp³-hybridized carbons (Fsp3) is 0.121. The van der Waals surface area contributed by atoms with Crippen LogP contribution in [0.25, 0.3) is 33.8 Å². The highest BCUT2D eigenvalue weighted by Crippen LogP contribution is 2.42. The third-order valence-electron chi connectivity index (χ3n) is 6.34. The van der Waals surface area contributed by atoms with Crippen LogP contribution in [-0.4, -0.2) is 18.8 Å². The minimum absolute atomic E-state index is 0.183. The number of carbonyl (C=O) groups excluding carboxylic acids is 1. The lowest BCUT2D eigenvalue weighted by Crippen LogP contribution is -2.05. The standard InChI is InChI=1S/C33H25ClN2O4/c1-4-38-33(37)26-17-24(13-15-28(26)34)29-16-14-25(39-29)19-36-32-27(18-35)30(22-9-5-20(2)6-10-22)31(40-32)23-11-7-21(3)8-12-23/h5-17,19H,4H2,1-3H3. The van der Waals surface area contributed by atoms with Gasteiger partial charge in [-0.2, -0.15) is 5.26 Å². The van der Waals surface area contributed by atoms with Gasteiger partial charge in [0.1, 0.15) is 28.9 Å². The zero-order chi connectivity index (χ0) is 28.2. The number of carbonyl (C=O) groups is 1. The van der Waals surface area contributed by atoms with E-state index < -0.39 is 5.97 Å². The van der Waals surface area contributed by atoms with Crippen molar-refractivity contribution in [3.05, 3.63) is 112 Å². The highest BCUT2D eigenvalue weighted by atomic mass is 35.5. The molecule has 0 atom stereocenters. The van der Waals surface area contributed by atoms with Crippen molar-refractivity contribution in [2.45, 2.75) is 20.8 Å². The normalized spacial score (nSPS) is 11.1. The molecule has 6 nitrogen and oxygen atoms in total. The van der Waals surface area contributed by atoms with Crippen molar-refractivity contribution in [3.63, 3.8) is 0 Å². The number of aryl methyl sites for hydroxylation is 2. The number of hydrogen-bond acceptors (Lipinski definition) is 6. The number of halogens is 1. The van der Waals surface area contributed by atoms with Crippen LogP contribution >= 0.6 is 11.6 Å². The van der Waals surface area contributed by atoms with Crippen LogP contribution in [0.3, 0.4) is 0 Å². The van der Waals surface area contributed by atoms with Gasteiger partial charge in [0.2, 0.25) is 5.88 Å². The largest absolute Gasteiger partial charge is 0.462 e. The molecule has 5 aromatic rings. The van der Waals surface area contributed by atoms with Crippen molar-refractivity contribution in [2.24, 2.45) is 4.99 Å². The summed E-state index contributed by atoms with van der Waals surface area (Å²) in [6.07, 6.45) is 1.50. The maximum absolute atomic E-state index is 12.2. The summed E-state index contributed by atoms with van der Waals surface area (Å²) < 4.78 is 17.3. The van der Waals surface area contributed by atoms with Crippen molar-refractivity contribution < 1.29 is 18.4 Å². The second-order valence-electron chi connectivity index (χ2n) is 9.21. The number of rotatable bonds is 7. The summed E-state index contributed by atoms with van der Waals surface area (Å²) in [7, 11) is 0. The van der Waals surface area contributed by atoms with Crippen LogP contribution in [0, 0.1) is 25.2 Å². The Balaban J connectivity index is 1.52. The molecular weight excluding hydrogens is 524 g/mol. The van der Waals surface area contributed by atoms with E-state index in [1.54, 1.807) is 37.3 Å². The molecule has 2 heterocycles. The third kappa shape index (κ3) is 5.47. The van der Waals surface area contributed by atoms with Crippen LogP contribution in [-0.2, 0) is 4.74 Å². The van der Waals surface area contributed by atoms with E-state index in [1.165, 1.54) is 6.21 Å². The van der Waals surface area contributed by atoms with Crippen molar-refractivity contribution in [1.29, 1.82) is 5.26 Å². The van der Waals surface area contributed by atoms with E-state index in [2.05, 4.69) is 11.1 Å². The van der Waals surface area contributed by atoms with Crippen molar-refractivity contribution in [3.8, 4) is 39.8 Å². The van der Waals surface area contributed by atoms with Gasteiger partial charge in [-0.15, -0.1) is 0 Å².